The van der Waals surface area contributed by atoms with Gasteiger partial charge in [0, 0.05) is 17.1 Å². The first-order valence-corrected chi connectivity index (χ1v) is 7.92. The van der Waals surface area contributed by atoms with Crippen molar-refractivity contribution >= 4 is 28.9 Å². The Bertz CT molecular complexity index is 686. The fraction of sp³-hybridized carbons (Fsp3) is 0.278. The quantitative estimate of drug-likeness (QED) is 0.902. The predicted molar refractivity (Wildman–Crippen MR) is 92.3 cm³/mol. The number of halogens is 1. The fourth-order valence-corrected chi connectivity index (χ4v) is 2.71. The molecule has 1 N–H and O–H groups in total. The molecule has 1 aliphatic rings. The van der Waals surface area contributed by atoms with E-state index in [1.807, 2.05) is 68.4 Å². The average Bonchev–Trinajstić information content (AvgIpc) is 2.53. The van der Waals surface area contributed by atoms with Crippen LogP contribution in [0.25, 0.3) is 0 Å². The molecule has 0 aliphatic carbocycles. The minimum absolute atomic E-state index is 0.0437. The number of amides is 1. The van der Waals surface area contributed by atoms with Crippen LogP contribution in [-0.4, -0.2) is 12.1 Å². The zero-order chi connectivity index (χ0) is 16.4. The third kappa shape index (κ3) is 3.49. The zero-order valence-electron chi connectivity index (χ0n) is 13.1. The Labute approximate surface area is 141 Å². The molecule has 1 aliphatic heterocycles. The summed E-state index contributed by atoms with van der Waals surface area (Å²) in [5, 5.41) is 5.38. The summed E-state index contributed by atoms with van der Waals surface area (Å²) in [5.74, 6) is -0.0437. The summed E-state index contributed by atoms with van der Waals surface area (Å²) < 4.78 is 0. The lowest BCUT2D eigenvalue weighted by Crippen LogP contribution is -2.52. The topological polar surface area (TPSA) is 41.6 Å². The molecule has 4 nitrogen and oxygen atoms in total. The number of benzene rings is 2. The van der Waals surface area contributed by atoms with Gasteiger partial charge in [0.1, 0.15) is 0 Å². The number of hydrogen-bond acceptors (Lipinski definition) is 3. The molecule has 23 heavy (non-hydrogen) atoms. The maximum atomic E-state index is 12.6. The first kappa shape index (κ1) is 15.8. The van der Waals surface area contributed by atoms with Gasteiger partial charge in [-0.05, 0) is 36.4 Å². The van der Waals surface area contributed by atoms with Crippen LogP contribution in [0.4, 0.5) is 11.4 Å². The Balaban J connectivity index is 1.82. The first-order valence-electron chi connectivity index (χ1n) is 7.54. The monoisotopic (exact) mass is 330 g/mol. The van der Waals surface area contributed by atoms with Crippen molar-refractivity contribution in [1.29, 1.82) is 0 Å². The van der Waals surface area contributed by atoms with E-state index in [9.17, 15) is 4.79 Å². The molecule has 1 fully saturated rings. The second-order valence-corrected chi connectivity index (χ2v) is 6.70. The molecule has 0 bridgehead atoms. The van der Waals surface area contributed by atoms with Gasteiger partial charge in [-0.1, -0.05) is 43.6 Å². The lowest BCUT2D eigenvalue weighted by atomic mass is 9.86. The van der Waals surface area contributed by atoms with Crippen molar-refractivity contribution in [2.24, 2.45) is 5.41 Å². The van der Waals surface area contributed by atoms with Crippen LogP contribution >= 0.6 is 11.6 Å². The number of carbonyl (C=O) groups is 1. The Kier molecular flexibility index (Phi) is 4.28. The summed E-state index contributed by atoms with van der Waals surface area (Å²) >= 11 is 5.91. The second kappa shape index (κ2) is 6.22. The van der Waals surface area contributed by atoms with Gasteiger partial charge < -0.3 is 5.32 Å². The van der Waals surface area contributed by atoms with Crippen molar-refractivity contribution in [2.45, 2.75) is 26.5 Å². The van der Waals surface area contributed by atoms with Crippen LogP contribution in [0.3, 0.4) is 0 Å². The third-order valence-corrected chi connectivity index (χ3v) is 4.11. The van der Waals surface area contributed by atoms with Gasteiger partial charge in [0.2, 0.25) is 0 Å². The smallest absolute Gasteiger partial charge is 0.256 e. The highest BCUT2D eigenvalue weighted by atomic mass is 35.5. The van der Waals surface area contributed by atoms with E-state index in [1.54, 1.807) is 0 Å². The summed E-state index contributed by atoms with van der Waals surface area (Å²) in [5.41, 5.74) is 1.11. The second-order valence-electron chi connectivity index (χ2n) is 6.27. The highest BCUT2D eigenvalue weighted by molar-refractivity contribution is 6.30. The average molecular weight is 331 g/mol. The van der Waals surface area contributed by atoms with Gasteiger partial charge in [0.15, 0.2) is 6.23 Å². The van der Waals surface area contributed by atoms with Crippen molar-refractivity contribution in [3.8, 4) is 0 Å². The largest absolute Gasteiger partial charge is 0.358 e. The normalized spacial score (nSPS) is 20.4. The Hall–Kier alpha value is -2.04. The molecule has 1 heterocycles. The summed E-state index contributed by atoms with van der Waals surface area (Å²) in [6.45, 7) is 3.87. The summed E-state index contributed by atoms with van der Waals surface area (Å²) in [6.07, 6.45) is 0.279. The van der Waals surface area contributed by atoms with Crippen LogP contribution in [0.1, 0.15) is 20.3 Å². The standard InChI is InChI=1S/C18H19ClN2O2/c1-18(2)12-16(20-14-10-8-13(19)9-11-14)23-21(17(18)22)15-6-4-3-5-7-15/h3-11,16,20H,12H2,1-2H3. The van der Waals surface area contributed by atoms with Gasteiger partial charge >= 0.3 is 0 Å². The van der Waals surface area contributed by atoms with Gasteiger partial charge in [-0.3, -0.25) is 4.79 Å². The highest BCUT2D eigenvalue weighted by Gasteiger charge is 2.42. The van der Waals surface area contributed by atoms with Crippen molar-refractivity contribution in [3.05, 3.63) is 59.6 Å². The molecule has 0 spiro atoms. The number of nitrogens with zero attached hydrogens (tertiary/aromatic N) is 1. The van der Waals surface area contributed by atoms with Crippen molar-refractivity contribution in [2.75, 3.05) is 10.4 Å². The minimum atomic E-state index is -0.516. The Morgan fingerprint density at radius 1 is 1.13 bits per heavy atom. The number of carbonyl (C=O) groups excluding carboxylic acids is 1. The van der Waals surface area contributed by atoms with E-state index in [-0.39, 0.29) is 12.1 Å². The van der Waals surface area contributed by atoms with Crippen LogP contribution in [0.5, 0.6) is 0 Å². The molecular weight excluding hydrogens is 312 g/mol. The van der Waals surface area contributed by atoms with Gasteiger partial charge in [0.25, 0.3) is 5.91 Å². The first-order chi connectivity index (χ1) is 11.0. The van der Waals surface area contributed by atoms with E-state index >= 15 is 0 Å². The maximum Gasteiger partial charge on any atom is 0.256 e. The fourth-order valence-electron chi connectivity index (χ4n) is 2.59. The predicted octanol–water partition coefficient (Wildman–Crippen LogP) is 4.47. The lowest BCUT2D eigenvalue weighted by Gasteiger charge is -2.41. The van der Waals surface area contributed by atoms with Gasteiger partial charge in [0.05, 0.1) is 11.1 Å². The van der Waals surface area contributed by atoms with Gasteiger partial charge in [-0.2, -0.15) is 5.06 Å². The lowest BCUT2D eigenvalue weighted by molar-refractivity contribution is -0.147. The molecule has 120 valence electrons. The molecule has 0 saturated carbocycles. The number of para-hydroxylation sites is 1. The minimum Gasteiger partial charge on any atom is -0.358 e. The summed E-state index contributed by atoms with van der Waals surface area (Å²) in [7, 11) is 0. The van der Waals surface area contributed by atoms with Gasteiger partial charge in [-0.25, -0.2) is 4.84 Å². The molecule has 3 rings (SSSR count). The summed E-state index contributed by atoms with van der Waals surface area (Å²) in [6, 6.07) is 16.8. The molecular formula is C18H19ClN2O2. The molecule has 0 radical (unpaired) electrons. The van der Waals surface area contributed by atoms with E-state index in [0.717, 1.165) is 11.4 Å². The highest BCUT2D eigenvalue weighted by Crippen LogP contribution is 2.35. The maximum absolute atomic E-state index is 12.6. The van der Waals surface area contributed by atoms with Gasteiger partial charge in [-0.15, -0.1) is 0 Å². The number of nitrogens with one attached hydrogen (secondary N) is 1. The molecule has 1 amide bonds. The van der Waals surface area contributed by atoms with E-state index in [2.05, 4.69) is 5.32 Å². The molecule has 1 atom stereocenters. The molecule has 1 saturated heterocycles. The van der Waals surface area contributed by atoms with E-state index < -0.39 is 5.41 Å². The van der Waals surface area contributed by atoms with E-state index in [0.29, 0.717) is 11.4 Å². The molecule has 5 heteroatoms. The van der Waals surface area contributed by atoms with Crippen molar-refractivity contribution in [1.82, 2.24) is 0 Å². The third-order valence-electron chi connectivity index (χ3n) is 3.85. The zero-order valence-corrected chi connectivity index (χ0v) is 13.9. The van der Waals surface area contributed by atoms with E-state index in [4.69, 9.17) is 16.4 Å². The van der Waals surface area contributed by atoms with E-state index in [1.165, 1.54) is 5.06 Å². The molecule has 1 unspecified atom stereocenters. The SMILES string of the molecule is CC1(C)CC(Nc2ccc(Cl)cc2)ON(c2ccccc2)C1=O. The molecule has 2 aromatic rings. The number of hydroxylamine groups is 1. The van der Waals surface area contributed by atoms with Crippen LogP contribution in [0, 0.1) is 5.41 Å². The Morgan fingerprint density at radius 2 is 1.78 bits per heavy atom. The Morgan fingerprint density at radius 3 is 2.43 bits per heavy atom. The van der Waals surface area contributed by atoms with Crippen LogP contribution in [-0.2, 0) is 9.63 Å². The van der Waals surface area contributed by atoms with Crippen molar-refractivity contribution < 1.29 is 9.63 Å². The summed E-state index contributed by atoms with van der Waals surface area (Å²) in [4.78, 5) is 18.5. The number of anilines is 2. The van der Waals surface area contributed by atoms with Crippen molar-refractivity contribution in [3.63, 3.8) is 0 Å². The van der Waals surface area contributed by atoms with Crippen LogP contribution in [0.15, 0.2) is 54.6 Å². The number of rotatable bonds is 3. The molecule has 0 aromatic heterocycles. The molecule has 2 aromatic carbocycles. The van der Waals surface area contributed by atoms with Crippen LogP contribution < -0.4 is 10.4 Å². The number of hydrogen-bond donors (Lipinski definition) is 1. The van der Waals surface area contributed by atoms with Crippen LogP contribution in [0.2, 0.25) is 5.02 Å².